The van der Waals surface area contributed by atoms with Gasteiger partial charge >= 0.3 is 12.1 Å². The Morgan fingerprint density at radius 2 is 1.84 bits per heavy atom. The van der Waals surface area contributed by atoms with Gasteiger partial charge in [0.1, 0.15) is 17.9 Å². The summed E-state index contributed by atoms with van der Waals surface area (Å²) in [6.45, 7) is 0.103. The minimum absolute atomic E-state index is 0.00322. The molecule has 198 valence electrons. The Hall–Kier alpha value is -3.95. The SMILES string of the molecule is CNC(=O)Nc1cc2c(cc1F)C1(CC2)NC(=O)N(CC(=O)N2Cc3ccccc3CC[C@H]2C2CC2)C1=O. The van der Waals surface area contributed by atoms with Crippen molar-refractivity contribution in [2.75, 3.05) is 18.9 Å². The first-order valence-electron chi connectivity index (χ1n) is 13.1. The van der Waals surface area contributed by atoms with Crippen LogP contribution >= 0.6 is 0 Å². The van der Waals surface area contributed by atoms with Crippen molar-refractivity contribution in [1.82, 2.24) is 20.4 Å². The molecule has 0 bridgehead atoms. The van der Waals surface area contributed by atoms with E-state index >= 15 is 0 Å². The molecule has 10 heteroatoms. The van der Waals surface area contributed by atoms with Crippen molar-refractivity contribution < 1.29 is 23.6 Å². The molecule has 2 aliphatic carbocycles. The van der Waals surface area contributed by atoms with Gasteiger partial charge in [0.15, 0.2) is 0 Å². The van der Waals surface area contributed by atoms with Crippen LogP contribution in [0, 0.1) is 11.7 Å². The van der Waals surface area contributed by atoms with E-state index in [0.29, 0.717) is 30.0 Å². The summed E-state index contributed by atoms with van der Waals surface area (Å²) in [6, 6.07) is 9.67. The van der Waals surface area contributed by atoms with Gasteiger partial charge in [-0.15, -0.1) is 0 Å². The Morgan fingerprint density at radius 3 is 2.58 bits per heavy atom. The highest BCUT2D eigenvalue weighted by molar-refractivity contribution is 6.10. The molecule has 9 nitrogen and oxygen atoms in total. The maximum absolute atomic E-state index is 14.9. The molecule has 1 spiro atoms. The second-order valence-corrected chi connectivity index (χ2v) is 10.7. The van der Waals surface area contributed by atoms with Gasteiger partial charge in [-0.25, -0.2) is 14.0 Å². The summed E-state index contributed by atoms with van der Waals surface area (Å²) in [7, 11) is 1.43. The normalized spacial score (nSPS) is 24.1. The van der Waals surface area contributed by atoms with Gasteiger partial charge in [-0.3, -0.25) is 14.5 Å². The van der Waals surface area contributed by atoms with Crippen molar-refractivity contribution in [3.63, 3.8) is 0 Å². The molecule has 2 fully saturated rings. The number of benzene rings is 2. The number of imide groups is 1. The number of nitrogens with zero attached hydrogens (tertiary/aromatic N) is 2. The number of hydrogen-bond donors (Lipinski definition) is 3. The summed E-state index contributed by atoms with van der Waals surface area (Å²) in [5.41, 5.74) is 1.94. The Labute approximate surface area is 219 Å². The number of anilines is 1. The lowest BCUT2D eigenvalue weighted by atomic mass is 9.91. The molecular formula is C28H30FN5O4. The van der Waals surface area contributed by atoms with E-state index in [1.54, 1.807) is 0 Å². The molecule has 2 aromatic rings. The summed E-state index contributed by atoms with van der Waals surface area (Å²) in [4.78, 5) is 55.0. The first-order chi connectivity index (χ1) is 18.3. The number of urea groups is 2. The van der Waals surface area contributed by atoms with E-state index < -0.39 is 29.3 Å². The smallest absolute Gasteiger partial charge is 0.325 e. The molecule has 6 rings (SSSR count). The largest absolute Gasteiger partial charge is 0.341 e. The number of nitrogens with one attached hydrogen (secondary N) is 3. The van der Waals surface area contributed by atoms with E-state index in [0.717, 1.165) is 36.1 Å². The summed E-state index contributed by atoms with van der Waals surface area (Å²) < 4.78 is 14.9. The van der Waals surface area contributed by atoms with E-state index in [-0.39, 0.29) is 30.6 Å². The van der Waals surface area contributed by atoms with Crippen LogP contribution in [0.3, 0.4) is 0 Å². The first-order valence-corrected chi connectivity index (χ1v) is 13.1. The zero-order valence-corrected chi connectivity index (χ0v) is 21.2. The van der Waals surface area contributed by atoms with Crippen molar-refractivity contribution in [2.45, 2.75) is 56.7 Å². The minimum Gasteiger partial charge on any atom is -0.341 e. The number of halogens is 1. The maximum Gasteiger partial charge on any atom is 0.325 e. The zero-order valence-electron chi connectivity index (χ0n) is 21.2. The van der Waals surface area contributed by atoms with Gasteiger partial charge in [-0.05, 0) is 78.8 Å². The number of hydrogen-bond acceptors (Lipinski definition) is 4. The Bertz CT molecular complexity index is 1360. The average Bonchev–Trinajstić information content (AvgIpc) is 3.68. The van der Waals surface area contributed by atoms with E-state index in [1.807, 2.05) is 23.1 Å². The lowest BCUT2D eigenvalue weighted by Gasteiger charge is -2.31. The molecule has 1 unspecified atom stereocenters. The highest BCUT2D eigenvalue weighted by atomic mass is 19.1. The monoisotopic (exact) mass is 519 g/mol. The second-order valence-electron chi connectivity index (χ2n) is 10.7. The lowest BCUT2D eigenvalue weighted by Crippen LogP contribution is -2.48. The van der Waals surface area contributed by atoms with Crippen molar-refractivity contribution in [3.05, 3.63) is 64.5 Å². The lowest BCUT2D eigenvalue weighted by molar-refractivity contribution is -0.141. The van der Waals surface area contributed by atoms with Crippen LogP contribution in [0.4, 0.5) is 19.7 Å². The summed E-state index contributed by atoms with van der Waals surface area (Å²) in [5.74, 6) is -1.06. The topological polar surface area (TPSA) is 111 Å². The minimum atomic E-state index is -1.42. The fourth-order valence-corrected chi connectivity index (χ4v) is 6.27. The predicted octanol–water partition coefficient (Wildman–Crippen LogP) is 3.02. The summed E-state index contributed by atoms with van der Waals surface area (Å²) in [6.07, 6.45) is 4.58. The number of rotatable bonds is 4. The van der Waals surface area contributed by atoms with Crippen molar-refractivity contribution in [1.29, 1.82) is 0 Å². The highest BCUT2D eigenvalue weighted by Crippen LogP contribution is 2.44. The molecule has 2 atom stereocenters. The third-order valence-electron chi connectivity index (χ3n) is 8.42. The van der Waals surface area contributed by atoms with E-state index in [2.05, 4.69) is 22.0 Å². The number of amides is 6. The third-order valence-corrected chi connectivity index (χ3v) is 8.42. The zero-order chi connectivity index (χ0) is 26.6. The number of carbonyl (C=O) groups is 4. The van der Waals surface area contributed by atoms with Crippen LogP contribution in [0.2, 0.25) is 0 Å². The molecule has 1 saturated carbocycles. The molecule has 38 heavy (non-hydrogen) atoms. The van der Waals surface area contributed by atoms with Crippen LogP contribution in [0.15, 0.2) is 36.4 Å². The third kappa shape index (κ3) is 3.99. The van der Waals surface area contributed by atoms with Crippen molar-refractivity contribution in [2.24, 2.45) is 5.92 Å². The van der Waals surface area contributed by atoms with Gasteiger partial charge in [0.25, 0.3) is 5.91 Å². The summed E-state index contributed by atoms with van der Waals surface area (Å²) >= 11 is 0. The maximum atomic E-state index is 14.9. The molecule has 2 heterocycles. The van der Waals surface area contributed by atoms with Gasteiger partial charge < -0.3 is 20.9 Å². The van der Waals surface area contributed by atoms with Gasteiger partial charge in [0, 0.05) is 19.6 Å². The molecule has 0 radical (unpaired) electrons. The molecular weight excluding hydrogens is 489 g/mol. The van der Waals surface area contributed by atoms with Crippen LogP contribution in [-0.2, 0) is 34.5 Å². The molecule has 4 aliphatic rings. The van der Waals surface area contributed by atoms with Crippen LogP contribution in [0.25, 0.3) is 0 Å². The van der Waals surface area contributed by atoms with Gasteiger partial charge in [0.2, 0.25) is 5.91 Å². The Balaban J connectivity index is 1.25. The predicted molar refractivity (Wildman–Crippen MR) is 137 cm³/mol. The van der Waals surface area contributed by atoms with Crippen molar-refractivity contribution in [3.8, 4) is 0 Å². The Morgan fingerprint density at radius 1 is 1.08 bits per heavy atom. The van der Waals surface area contributed by atoms with Gasteiger partial charge in [-0.1, -0.05) is 24.3 Å². The Kier molecular flexibility index (Phi) is 5.85. The number of fused-ring (bicyclic) bond motifs is 3. The molecule has 3 N–H and O–H groups in total. The second kappa shape index (κ2) is 9.11. The highest BCUT2D eigenvalue weighted by Gasteiger charge is 2.56. The van der Waals surface area contributed by atoms with E-state index in [4.69, 9.17) is 0 Å². The summed E-state index contributed by atoms with van der Waals surface area (Å²) in [5, 5.41) is 7.57. The van der Waals surface area contributed by atoms with E-state index in [1.165, 1.54) is 24.7 Å². The molecule has 2 aliphatic heterocycles. The van der Waals surface area contributed by atoms with Crippen LogP contribution in [0.1, 0.15) is 47.9 Å². The quantitative estimate of drug-likeness (QED) is 0.540. The first kappa shape index (κ1) is 24.4. The molecule has 2 aromatic carbocycles. The number of carbonyl (C=O) groups excluding carboxylic acids is 4. The van der Waals surface area contributed by atoms with Gasteiger partial charge in [-0.2, -0.15) is 0 Å². The van der Waals surface area contributed by atoms with E-state index in [9.17, 15) is 23.6 Å². The van der Waals surface area contributed by atoms with Crippen molar-refractivity contribution >= 4 is 29.6 Å². The molecule has 0 aromatic heterocycles. The van der Waals surface area contributed by atoms with Crippen LogP contribution in [-0.4, -0.2) is 53.3 Å². The standard InChI is InChI=1S/C28H30FN5O4/c1-30-26(37)31-22-12-18-10-11-28(20(18)13-21(22)29)25(36)34(27(38)32-28)15-24(35)33-14-19-5-3-2-4-16(19)8-9-23(33)17-6-7-17/h2-5,12-13,17,23H,6-11,14-15H2,1H3,(H,32,38)(H2,30,31,37)/t23-,28?/m0/s1. The average molecular weight is 520 g/mol. The molecule has 1 saturated heterocycles. The van der Waals surface area contributed by atoms with Gasteiger partial charge in [0.05, 0.1) is 5.69 Å². The fourth-order valence-electron chi connectivity index (χ4n) is 6.27. The van der Waals surface area contributed by atoms with Crippen LogP contribution in [0.5, 0.6) is 0 Å². The fraction of sp³-hybridized carbons (Fsp3) is 0.429. The molecule has 6 amide bonds. The van der Waals surface area contributed by atoms with Crippen LogP contribution < -0.4 is 16.0 Å². The number of aryl methyl sites for hydroxylation is 2.